The fourth-order valence-electron chi connectivity index (χ4n) is 3.08. The lowest BCUT2D eigenvalue weighted by atomic mass is 9.83. The van der Waals surface area contributed by atoms with E-state index in [2.05, 4.69) is 28.2 Å². The minimum atomic E-state index is -0.516. The van der Waals surface area contributed by atoms with Gasteiger partial charge in [0.25, 0.3) is 5.91 Å². The van der Waals surface area contributed by atoms with Gasteiger partial charge in [-0.05, 0) is 53.2 Å². The normalized spacial score (nSPS) is 17.5. The van der Waals surface area contributed by atoms with Gasteiger partial charge in [0.2, 0.25) is 0 Å². The summed E-state index contributed by atoms with van der Waals surface area (Å²) in [6.07, 6.45) is 7.02. The number of amides is 1. The Morgan fingerprint density at radius 2 is 2.10 bits per heavy atom. The van der Waals surface area contributed by atoms with Crippen molar-refractivity contribution in [2.75, 3.05) is 5.73 Å². The zero-order chi connectivity index (χ0) is 15.4. The van der Waals surface area contributed by atoms with Crippen molar-refractivity contribution in [3.8, 4) is 0 Å². The summed E-state index contributed by atoms with van der Waals surface area (Å²) in [7, 11) is 0. The second-order valence-electron chi connectivity index (χ2n) is 5.74. The Bertz CT molecular complexity index is 515. The lowest BCUT2D eigenvalue weighted by Gasteiger charge is -2.30. The van der Waals surface area contributed by atoms with Crippen LogP contribution in [0.5, 0.6) is 0 Å². The molecule has 1 aliphatic carbocycles. The molecular formula is C16H22BrFN2O. The van der Waals surface area contributed by atoms with Crippen molar-refractivity contribution >= 4 is 27.5 Å². The highest BCUT2D eigenvalue weighted by molar-refractivity contribution is 9.10. The van der Waals surface area contributed by atoms with Crippen LogP contribution in [0.4, 0.5) is 10.1 Å². The molecule has 0 spiro atoms. The molecule has 3 nitrogen and oxygen atoms in total. The minimum absolute atomic E-state index is 0.00550. The average molecular weight is 357 g/mol. The van der Waals surface area contributed by atoms with Gasteiger partial charge in [0.05, 0.1) is 11.3 Å². The van der Waals surface area contributed by atoms with Crippen LogP contribution in [0.3, 0.4) is 0 Å². The van der Waals surface area contributed by atoms with Gasteiger partial charge in [0, 0.05) is 10.5 Å². The largest absolute Gasteiger partial charge is 0.396 e. The van der Waals surface area contributed by atoms with Gasteiger partial charge < -0.3 is 11.1 Å². The highest BCUT2D eigenvalue weighted by Gasteiger charge is 2.25. The van der Waals surface area contributed by atoms with Gasteiger partial charge in [-0.15, -0.1) is 0 Å². The third-order valence-electron chi connectivity index (χ3n) is 4.31. The monoisotopic (exact) mass is 356 g/mol. The fourth-order valence-corrected chi connectivity index (χ4v) is 3.57. The number of nitrogens with two attached hydrogens (primary N) is 1. The molecule has 1 unspecified atom stereocenters. The number of benzene rings is 1. The van der Waals surface area contributed by atoms with Gasteiger partial charge >= 0.3 is 0 Å². The van der Waals surface area contributed by atoms with E-state index >= 15 is 0 Å². The molecule has 1 saturated carbocycles. The van der Waals surface area contributed by atoms with Gasteiger partial charge in [-0.1, -0.05) is 26.2 Å². The number of anilines is 1. The van der Waals surface area contributed by atoms with Gasteiger partial charge in [0.15, 0.2) is 0 Å². The van der Waals surface area contributed by atoms with E-state index in [1.165, 1.54) is 44.2 Å². The summed E-state index contributed by atoms with van der Waals surface area (Å²) in [6, 6.07) is 2.81. The van der Waals surface area contributed by atoms with Crippen molar-refractivity contribution in [2.45, 2.75) is 51.5 Å². The molecule has 116 valence electrons. The maximum absolute atomic E-state index is 13.4. The second-order valence-corrected chi connectivity index (χ2v) is 6.59. The maximum Gasteiger partial charge on any atom is 0.252 e. The van der Waals surface area contributed by atoms with E-state index in [4.69, 9.17) is 5.73 Å². The van der Waals surface area contributed by atoms with E-state index in [9.17, 15) is 9.18 Å². The maximum atomic E-state index is 13.4. The van der Waals surface area contributed by atoms with Crippen LogP contribution in [-0.2, 0) is 0 Å². The Hall–Kier alpha value is -1.10. The standard InChI is InChI=1S/C16H22BrFN2O/c1-2-15(10-6-4-3-5-7-10)20-16(21)11-8-14(19)13(18)9-12(11)17/h8-10,15H,2-7,19H2,1H3,(H,20,21). The van der Waals surface area contributed by atoms with Crippen LogP contribution in [0.1, 0.15) is 55.8 Å². The zero-order valence-electron chi connectivity index (χ0n) is 12.3. The molecular weight excluding hydrogens is 335 g/mol. The molecule has 2 rings (SSSR count). The van der Waals surface area contributed by atoms with Crippen molar-refractivity contribution in [3.63, 3.8) is 0 Å². The average Bonchev–Trinajstić information content (AvgIpc) is 2.49. The molecule has 1 aromatic carbocycles. The van der Waals surface area contributed by atoms with E-state index in [0.29, 0.717) is 16.0 Å². The second kappa shape index (κ2) is 7.25. The van der Waals surface area contributed by atoms with Crippen molar-refractivity contribution in [1.82, 2.24) is 5.32 Å². The number of nitrogens with one attached hydrogen (secondary N) is 1. The molecule has 1 amide bonds. The molecule has 0 aromatic heterocycles. The lowest BCUT2D eigenvalue weighted by molar-refractivity contribution is 0.0910. The molecule has 0 radical (unpaired) electrons. The van der Waals surface area contributed by atoms with E-state index < -0.39 is 5.82 Å². The number of carbonyl (C=O) groups excluding carboxylic acids is 1. The molecule has 1 aliphatic rings. The summed E-state index contributed by atoms with van der Waals surface area (Å²) in [5.41, 5.74) is 5.94. The number of hydrogen-bond acceptors (Lipinski definition) is 2. The Balaban J connectivity index is 2.10. The van der Waals surface area contributed by atoms with Crippen molar-refractivity contribution in [2.24, 2.45) is 5.92 Å². The summed E-state index contributed by atoms with van der Waals surface area (Å²) in [5, 5.41) is 3.09. The first-order valence-electron chi connectivity index (χ1n) is 7.58. The van der Waals surface area contributed by atoms with E-state index in [-0.39, 0.29) is 17.6 Å². The molecule has 21 heavy (non-hydrogen) atoms. The number of carbonyl (C=O) groups is 1. The summed E-state index contributed by atoms with van der Waals surface area (Å²) < 4.78 is 13.8. The number of rotatable bonds is 4. The predicted octanol–water partition coefficient (Wildman–Crippen LogP) is 4.26. The van der Waals surface area contributed by atoms with Crippen molar-refractivity contribution in [1.29, 1.82) is 0 Å². The van der Waals surface area contributed by atoms with E-state index in [0.717, 1.165) is 6.42 Å². The first-order chi connectivity index (χ1) is 10.0. The first-order valence-corrected chi connectivity index (χ1v) is 8.37. The quantitative estimate of drug-likeness (QED) is 0.791. The van der Waals surface area contributed by atoms with Crippen molar-refractivity contribution < 1.29 is 9.18 Å². The summed E-state index contributed by atoms with van der Waals surface area (Å²) in [6.45, 7) is 2.09. The van der Waals surface area contributed by atoms with Gasteiger partial charge in [-0.3, -0.25) is 4.79 Å². The van der Waals surface area contributed by atoms with Gasteiger partial charge in [-0.2, -0.15) is 0 Å². The van der Waals surface area contributed by atoms with Crippen LogP contribution >= 0.6 is 15.9 Å². The molecule has 1 fully saturated rings. The Morgan fingerprint density at radius 1 is 1.43 bits per heavy atom. The molecule has 0 saturated heterocycles. The molecule has 0 bridgehead atoms. The van der Waals surface area contributed by atoms with Crippen LogP contribution in [0.15, 0.2) is 16.6 Å². The van der Waals surface area contributed by atoms with Crippen LogP contribution in [0.25, 0.3) is 0 Å². The molecule has 1 atom stereocenters. The molecule has 3 N–H and O–H groups in total. The highest BCUT2D eigenvalue weighted by atomic mass is 79.9. The topological polar surface area (TPSA) is 55.1 Å². The lowest BCUT2D eigenvalue weighted by Crippen LogP contribution is -2.40. The Labute approximate surface area is 133 Å². The first kappa shape index (κ1) is 16.3. The highest BCUT2D eigenvalue weighted by Crippen LogP contribution is 2.28. The minimum Gasteiger partial charge on any atom is -0.396 e. The molecule has 1 aromatic rings. The van der Waals surface area contributed by atoms with Crippen LogP contribution in [0.2, 0.25) is 0 Å². The number of halogens is 2. The van der Waals surface area contributed by atoms with E-state index in [1.54, 1.807) is 0 Å². The fraction of sp³-hybridized carbons (Fsp3) is 0.562. The Morgan fingerprint density at radius 3 is 2.71 bits per heavy atom. The summed E-state index contributed by atoms with van der Waals surface area (Å²) in [5.74, 6) is -0.159. The molecule has 0 aliphatic heterocycles. The van der Waals surface area contributed by atoms with E-state index in [1.807, 2.05) is 0 Å². The third kappa shape index (κ3) is 3.96. The smallest absolute Gasteiger partial charge is 0.252 e. The molecule has 0 heterocycles. The van der Waals surface area contributed by atoms with Crippen LogP contribution in [0, 0.1) is 11.7 Å². The van der Waals surface area contributed by atoms with Gasteiger partial charge in [-0.25, -0.2) is 4.39 Å². The van der Waals surface area contributed by atoms with Crippen molar-refractivity contribution in [3.05, 3.63) is 28.0 Å². The van der Waals surface area contributed by atoms with Crippen LogP contribution in [-0.4, -0.2) is 11.9 Å². The summed E-state index contributed by atoms with van der Waals surface area (Å²) in [4.78, 5) is 12.4. The predicted molar refractivity (Wildman–Crippen MR) is 86.6 cm³/mol. The number of nitrogen functional groups attached to an aromatic ring is 1. The number of hydrogen-bond donors (Lipinski definition) is 2. The third-order valence-corrected chi connectivity index (χ3v) is 4.96. The summed E-state index contributed by atoms with van der Waals surface area (Å²) >= 11 is 3.23. The Kier molecular flexibility index (Phi) is 5.62. The van der Waals surface area contributed by atoms with Crippen LogP contribution < -0.4 is 11.1 Å². The molecule has 5 heteroatoms. The zero-order valence-corrected chi connectivity index (χ0v) is 13.9. The SMILES string of the molecule is CCC(NC(=O)c1cc(N)c(F)cc1Br)C1CCCCC1. The van der Waals surface area contributed by atoms with Gasteiger partial charge in [0.1, 0.15) is 5.82 Å².